The van der Waals surface area contributed by atoms with Crippen LogP contribution in [0.5, 0.6) is 0 Å². The molecule has 0 saturated heterocycles. The average molecular weight is 499 g/mol. The van der Waals surface area contributed by atoms with E-state index in [4.69, 9.17) is 0 Å². The Labute approximate surface area is 212 Å². The standard InChI is InChI=1S/C30H30N2O3S/c1-20(2)22-11-14-25(15-12-22)32(36(34,35)26-16-7-21(3)8-17-26)19-29(33)31-28-18-13-24-10-9-23-5-4-6-27(28)30(23)24/h4-8,11-18,20H,9-10,19H2,1-3H3,(H,31,33). The van der Waals surface area contributed by atoms with Crippen LogP contribution < -0.4 is 9.62 Å². The molecular formula is C30H30N2O3S. The van der Waals surface area contributed by atoms with Crippen molar-refractivity contribution in [3.63, 3.8) is 0 Å². The maximum Gasteiger partial charge on any atom is 0.264 e. The molecule has 184 valence electrons. The van der Waals surface area contributed by atoms with Crippen LogP contribution in [-0.4, -0.2) is 20.9 Å². The Bertz CT molecular complexity index is 1530. The normalized spacial score (nSPS) is 12.8. The summed E-state index contributed by atoms with van der Waals surface area (Å²) in [7, 11) is -3.96. The maximum absolute atomic E-state index is 13.7. The lowest BCUT2D eigenvalue weighted by molar-refractivity contribution is -0.114. The zero-order chi connectivity index (χ0) is 25.4. The molecule has 36 heavy (non-hydrogen) atoms. The molecule has 0 saturated carbocycles. The number of hydrogen-bond donors (Lipinski definition) is 1. The molecule has 6 heteroatoms. The van der Waals surface area contributed by atoms with Crippen molar-refractivity contribution in [2.24, 2.45) is 0 Å². The van der Waals surface area contributed by atoms with Gasteiger partial charge in [-0.2, -0.15) is 0 Å². The van der Waals surface area contributed by atoms with Gasteiger partial charge in [-0.1, -0.05) is 67.9 Å². The van der Waals surface area contributed by atoms with Crippen molar-refractivity contribution in [3.05, 3.63) is 101 Å². The molecule has 0 spiro atoms. The average Bonchev–Trinajstić information content (AvgIpc) is 3.29. The molecule has 1 aliphatic carbocycles. The molecule has 0 fully saturated rings. The second-order valence-corrected chi connectivity index (χ2v) is 11.6. The highest BCUT2D eigenvalue weighted by atomic mass is 32.2. The van der Waals surface area contributed by atoms with Gasteiger partial charge in [-0.3, -0.25) is 9.10 Å². The van der Waals surface area contributed by atoms with Crippen LogP contribution in [0.15, 0.2) is 83.8 Å². The Morgan fingerprint density at radius 3 is 2.22 bits per heavy atom. The second-order valence-electron chi connectivity index (χ2n) is 9.73. The predicted molar refractivity (Wildman–Crippen MR) is 146 cm³/mol. The molecule has 0 aliphatic heterocycles. The summed E-state index contributed by atoms with van der Waals surface area (Å²) >= 11 is 0. The highest BCUT2D eigenvalue weighted by Crippen LogP contribution is 2.35. The molecule has 5 rings (SSSR count). The molecule has 1 amide bonds. The number of carbonyl (C=O) groups excluding carboxylic acids is 1. The van der Waals surface area contributed by atoms with Crippen LogP contribution in [0, 0.1) is 6.92 Å². The number of nitrogens with one attached hydrogen (secondary N) is 1. The van der Waals surface area contributed by atoms with Crippen molar-refractivity contribution in [3.8, 4) is 0 Å². The van der Waals surface area contributed by atoms with Crippen molar-refractivity contribution < 1.29 is 13.2 Å². The number of hydrogen-bond acceptors (Lipinski definition) is 3. The Kier molecular flexibility index (Phi) is 6.31. The van der Waals surface area contributed by atoms with E-state index in [1.807, 2.05) is 37.3 Å². The number of carbonyl (C=O) groups is 1. The lowest BCUT2D eigenvalue weighted by Gasteiger charge is -2.25. The van der Waals surface area contributed by atoms with Gasteiger partial charge in [-0.05, 0) is 78.1 Å². The first kappa shape index (κ1) is 24.1. The van der Waals surface area contributed by atoms with Gasteiger partial charge in [0, 0.05) is 11.1 Å². The van der Waals surface area contributed by atoms with Gasteiger partial charge in [0.1, 0.15) is 6.54 Å². The van der Waals surface area contributed by atoms with Gasteiger partial charge < -0.3 is 5.32 Å². The largest absolute Gasteiger partial charge is 0.324 e. The predicted octanol–water partition coefficient (Wildman–Crippen LogP) is 6.20. The van der Waals surface area contributed by atoms with Crippen molar-refractivity contribution in [1.29, 1.82) is 0 Å². The molecule has 0 heterocycles. The summed E-state index contributed by atoms with van der Waals surface area (Å²) in [5, 5.41) is 5.17. The highest BCUT2D eigenvalue weighted by Gasteiger charge is 2.28. The number of nitrogens with zero attached hydrogens (tertiary/aromatic N) is 1. The van der Waals surface area contributed by atoms with Crippen LogP contribution in [-0.2, 0) is 27.7 Å². The first-order chi connectivity index (χ1) is 17.2. The molecule has 5 nitrogen and oxygen atoms in total. The molecule has 4 aromatic carbocycles. The zero-order valence-electron chi connectivity index (χ0n) is 20.8. The summed E-state index contributed by atoms with van der Waals surface area (Å²) in [5.41, 5.74) is 5.79. The van der Waals surface area contributed by atoms with Gasteiger partial charge in [-0.25, -0.2) is 8.42 Å². The fraction of sp³-hybridized carbons (Fsp3) is 0.233. The summed E-state index contributed by atoms with van der Waals surface area (Å²) in [6, 6.07) is 24.2. The van der Waals surface area contributed by atoms with Crippen molar-refractivity contribution >= 4 is 38.1 Å². The lowest BCUT2D eigenvalue weighted by atomic mass is 10.0. The minimum absolute atomic E-state index is 0.152. The number of amides is 1. The lowest BCUT2D eigenvalue weighted by Crippen LogP contribution is -2.38. The number of anilines is 2. The third kappa shape index (κ3) is 4.49. The molecule has 4 aromatic rings. The number of sulfonamides is 1. The van der Waals surface area contributed by atoms with Crippen LogP contribution in [0.2, 0.25) is 0 Å². The summed E-state index contributed by atoms with van der Waals surface area (Å²) in [6.07, 6.45) is 2.00. The van der Waals surface area contributed by atoms with E-state index in [0.717, 1.165) is 29.4 Å². The molecule has 0 radical (unpaired) electrons. The zero-order valence-corrected chi connectivity index (χ0v) is 21.6. The fourth-order valence-electron chi connectivity index (χ4n) is 4.85. The smallest absolute Gasteiger partial charge is 0.264 e. The number of aryl methyl sites for hydroxylation is 3. The third-order valence-corrected chi connectivity index (χ3v) is 8.68. The summed E-state index contributed by atoms with van der Waals surface area (Å²) in [6.45, 7) is 5.74. The molecule has 0 bridgehead atoms. The Balaban J connectivity index is 1.49. The molecule has 0 aromatic heterocycles. The van der Waals surface area contributed by atoms with E-state index >= 15 is 0 Å². The Morgan fingerprint density at radius 2 is 1.56 bits per heavy atom. The maximum atomic E-state index is 13.7. The monoisotopic (exact) mass is 498 g/mol. The van der Waals surface area contributed by atoms with E-state index in [9.17, 15) is 13.2 Å². The minimum atomic E-state index is -3.96. The van der Waals surface area contributed by atoms with Crippen molar-refractivity contribution in [1.82, 2.24) is 0 Å². The molecule has 1 N–H and O–H groups in total. The van der Waals surface area contributed by atoms with Crippen LogP contribution in [0.4, 0.5) is 11.4 Å². The van der Waals surface area contributed by atoms with E-state index in [1.165, 1.54) is 20.8 Å². The van der Waals surface area contributed by atoms with Gasteiger partial charge in [0.25, 0.3) is 10.0 Å². The van der Waals surface area contributed by atoms with E-state index in [1.54, 1.807) is 36.4 Å². The minimum Gasteiger partial charge on any atom is -0.324 e. The first-order valence-corrected chi connectivity index (χ1v) is 13.7. The first-order valence-electron chi connectivity index (χ1n) is 12.3. The van der Waals surface area contributed by atoms with Gasteiger partial charge in [0.15, 0.2) is 0 Å². The molecule has 1 aliphatic rings. The Morgan fingerprint density at radius 1 is 0.889 bits per heavy atom. The van der Waals surface area contributed by atoms with E-state index in [2.05, 4.69) is 31.3 Å². The van der Waals surface area contributed by atoms with Gasteiger partial charge in [-0.15, -0.1) is 0 Å². The van der Waals surface area contributed by atoms with Gasteiger partial charge in [0.2, 0.25) is 5.91 Å². The van der Waals surface area contributed by atoms with Gasteiger partial charge in [0.05, 0.1) is 10.6 Å². The molecule has 0 atom stereocenters. The Hall–Kier alpha value is -3.64. The summed E-state index contributed by atoms with van der Waals surface area (Å²) in [4.78, 5) is 13.5. The fourth-order valence-corrected chi connectivity index (χ4v) is 6.27. The number of benzene rings is 4. The van der Waals surface area contributed by atoms with E-state index < -0.39 is 15.9 Å². The van der Waals surface area contributed by atoms with Crippen LogP contribution >= 0.6 is 0 Å². The van der Waals surface area contributed by atoms with E-state index in [-0.39, 0.29) is 11.4 Å². The molecule has 0 unspecified atom stereocenters. The van der Waals surface area contributed by atoms with E-state index in [0.29, 0.717) is 17.3 Å². The SMILES string of the molecule is Cc1ccc(S(=O)(=O)N(CC(=O)Nc2ccc3c4c(cccc24)CC3)c2ccc(C(C)C)cc2)cc1. The quantitative estimate of drug-likeness (QED) is 0.330. The van der Waals surface area contributed by atoms with Crippen LogP contribution in [0.25, 0.3) is 10.8 Å². The summed E-state index contributed by atoms with van der Waals surface area (Å²) in [5.74, 6) is -0.0781. The number of rotatable bonds is 7. The van der Waals surface area contributed by atoms with Crippen LogP contribution in [0.3, 0.4) is 0 Å². The molecular weight excluding hydrogens is 468 g/mol. The topological polar surface area (TPSA) is 66.5 Å². The highest BCUT2D eigenvalue weighted by molar-refractivity contribution is 7.92. The van der Waals surface area contributed by atoms with Crippen molar-refractivity contribution in [2.75, 3.05) is 16.2 Å². The van der Waals surface area contributed by atoms with Crippen LogP contribution in [0.1, 0.15) is 42.0 Å². The van der Waals surface area contributed by atoms with Crippen molar-refractivity contribution in [2.45, 2.75) is 44.4 Å². The van der Waals surface area contributed by atoms with Gasteiger partial charge >= 0.3 is 0 Å². The summed E-state index contributed by atoms with van der Waals surface area (Å²) < 4.78 is 28.6. The second kappa shape index (κ2) is 9.43. The third-order valence-electron chi connectivity index (χ3n) is 6.89.